The van der Waals surface area contributed by atoms with Crippen molar-refractivity contribution in [1.29, 1.82) is 5.26 Å². The van der Waals surface area contributed by atoms with Crippen molar-refractivity contribution in [2.24, 2.45) is 11.8 Å². The molecule has 1 aliphatic carbocycles. The molecule has 3 aromatic carbocycles. The summed E-state index contributed by atoms with van der Waals surface area (Å²) in [6, 6.07) is 33.1. The van der Waals surface area contributed by atoms with Crippen molar-refractivity contribution < 1.29 is 4.79 Å². The molecule has 1 unspecified atom stereocenters. The van der Waals surface area contributed by atoms with Crippen LogP contribution in [0.4, 0.5) is 0 Å². The van der Waals surface area contributed by atoms with Crippen molar-refractivity contribution in [3.8, 4) is 6.07 Å². The first-order valence-electron chi connectivity index (χ1n) is 13.1. The predicted octanol–water partition coefficient (Wildman–Crippen LogP) is 6.63. The summed E-state index contributed by atoms with van der Waals surface area (Å²) in [6.45, 7) is -0.356. The molecule has 1 saturated carbocycles. The van der Waals surface area contributed by atoms with E-state index >= 15 is 0 Å². The molecule has 0 aromatic heterocycles. The molecule has 3 aromatic rings. The maximum atomic E-state index is 14.0. The molecule has 1 atom stereocenters. The molecule has 0 saturated heterocycles. The highest BCUT2D eigenvalue weighted by molar-refractivity contribution is 7.96. The lowest BCUT2D eigenvalue weighted by Crippen LogP contribution is -2.33. The molecule has 1 aliphatic rings. The van der Waals surface area contributed by atoms with Crippen molar-refractivity contribution in [3.05, 3.63) is 91.0 Å². The first-order valence-corrected chi connectivity index (χ1v) is 14.9. The van der Waals surface area contributed by atoms with E-state index in [4.69, 9.17) is 0 Å². The second-order valence-corrected chi connectivity index (χ2v) is 13.0. The highest BCUT2D eigenvalue weighted by Crippen LogP contribution is 2.46. The molecule has 2 nitrogen and oxygen atoms in total. The van der Waals surface area contributed by atoms with E-state index in [1.807, 2.05) is 54.6 Å². The number of hydrogen-bond acceptors (Lipinski definition) is 2. The van der Waals surface area contributed by atoms with E-state index < -0.39 is 6.89 Å². The van der Waals surface area contributed by atoms with Crippen LogP contribution in [0.25, 0.3) is 0 Å². The summed E-state index contributed by atoms with van der Waals surface area (Å²) in [4.78, 5) is 14.0. The van der Waals surface area contributed by atoms with Gasteiger partial charge in [-0.3, -0.25) is 4.79 Å². The van der Waals surface area contributed by atoms with Crippen molar-refractivity contribution in [2.75, 3.05) is 0 Å². The van der Waals surface area contributed by atoms with Crippen LogP contribution in [0.15, 0.2) is 91.0 Å². The van der Waals surface area contributed by atoms with Gasteiger partial charge in [-0.05, 0) is 41.1 Å². The monoisotopic (exact) mass is 481 g/mol. The third-order valence-corrected chi connectivity index (χ3v) is 12.0. The van der Waals surface area contributed by atoms with Gasteiger partial charge in [0.25, 0.3) is 0 Å². The van der Waals surface area contributed by atoms with Crippen LogP contribution in [0.1, 0.15) is 58.3 Å². The van der Waals surface area contributed by atoms with Gasteiger partial charge in [-0.1, -0.05) is 136 Å². The van der Waals surface area contributed by atoms with Gasteiger partial charge in [0, 0.05) is 6.42 Å². The molecule has 180 valence electrons. The van der Waals surface area contributed by atoms with Gasteiger partial charge in [0.05, 0.1) is 0 Å². The lowest BCUT2D eigenvalue weighted by atomic mass is 9.76. The number of nitrogens with zero attached hydrogens (tertiary/aromatic N) is 1. The fourth-order valence-corrected chi connectivity index (χ4v) is 10.1. The molecule has 3 heteroatoms. The average molecular weight is 482 g/mol. The van der Waals surface area contributed by atoms with Crippen molar-refractivity contribution in [1.82, 2.24) is 0 Å². The normalized spacial score (nSPS) is 15.2. The van der Waals surface area contributed by atoms with Crippen LogP contribution in [0.3, 0.4) is 0 Å². The van der Waals surface area contributed by atoms with Gasteiger partial charge < -0.3 is 0 Å². The number of ketones is 1. The SMILES string of the molecule is CCC(CCC(=O)C(C#N)=P(c1ccccc1)(c1ccccc1)c1ccccc1)C1CCCCC1. The third-order valence-electron chi connectivity index (χ3n) is 7.72. The Bertz CT molecular complexity index is 1090. The maximum absolute atomic E-state index is 14.0. The minimum Gasteiger partial charge on any atom is -0.293 e. The molecule has 0 heterocycles. The van der Waals surface area contributed by atoms with Crippen LogP contribution in [0.2, 0.25) is 0 Å². The smallest absolute Gasteiger partial charge is 0.174 e. The largest absolute Gasteiger partial charge is 0.293 e. The van der Waals surface area contributed by atoms with Crippen LogP contribution in [-0.2, 0) is 4.79 Å². The summed E-state index contributed by atoms with van der Waals surface area (Å²) in [5, 5.41) is 14.2. The molecule has 35 heavy (non-hydrogen) atoms. The van der Waals surface area contributed by atoms with Crippen LogP contribution < -0.4 is 15.9 Å². The van der Waals surface area contributed by atoms with Gasteiger partial charge in [-0.2, -0.15) is 5.26 Å². The molecule has 0 radical (unpaired) electrons. The third kappa shape index (κ3) is 5.37. The second-order valence-electron chi connectivity index (χ2n) is 9.67. The zero-order valence-corrected chi connectivity index (χ0v) is 21.7. The van der Waals surface area contributed by atoms with Gasteiger partial charge in [0.15, 0.2) is 5.78 Å². The second kappa shape index (κ2) is 12.2. The van der Waals surface area contributed by atoms with Gasteiger partial charge in [0.1, 0.15) is 11.4 Å². The fraction of sp³-hybridized carbons (Fsp3) is 0.344. The molecule has 4 rings (SSSR count). The quantitative estimate of drug-likeness (QED) is 0.322. The molecule has 0 amide bonds. The Kier molecular flexibility index (Phi) is 8.79. The van der Waals surface area contributed by atoms with Gasteiger partial charge in [0.2, 0.25) is 0 Å². The lowest BCUT2D eigenvalue weighted by Gasteiger charge is -2.31. The average Bonchev–Trinajstić information content (AvgIpc) is 2.94. The van der Waals surface area contributed by atoms with E-state index in [1.165, 1.54) is 32.1 Å². The Balaban J connectivity index is 1.86. The molecular formula is C32H36NOP. The number of carbonyl (C=O) groups is 1. The molecular weight excluding hydrogens is 445 g/mol. The lowest BCUT2D eigenvalue weighted by molar-refractivity contribution is -0.113. The number of benzene rings is 3. The van der Waals surface area contributed by atoms with Gasteiger partial charge in [-0.25, -0.2) is 0 Å². The maximum Gasteiger partial charge on any atom is 0.174 e. The summed E-state index contributed by atoms with van der Waals surface area (Å²) in [5.74, 6) is 1.31. The fourth-order valence-electron chi connectivity index (χ4n) is 5.93. The van der Waals surface area contributed by atoms with E-state index in [-0.39, 0.29) is 5.78 Å². The summed E-state index contributed by atoms with van der Waals surface area (Å²) in [7, 11) is 0. The molecule has 0 bridgehead atoms. The van der Waals surface area contributed by atoms with Gasteiger partial charge in [-0.15, -0.1) is 0 Å². The van der Waals surface area contributed by atoms with E-state index in [1.54, 1.807) is 0 Å². The zero-order valence-electron chi connectivity index (χ0n) is 20.8. The summed E-state index contributed by atoms with van der Waals surface area (Å²) in [5.41, 5.74) is 0. The van der Waals surface area contributed by atoms with Crippen molar-refractivity contribution >= 4 is 33.9 Å². The van der Waals surface area contributed by atoms with E-state index in [9.17, 15) is 10.1 Å². The predicted molar refractivity (Wildman–Crippen MR) is 150 cm³/mol. The Hall–Kier alpha value is -2.88. The molecule has 0 N–H and O–H groups in total. The Morgan fingerprint density at radius 1 is 0.829 bits per heavy atom. The number of Topliss-reactive ketones (excluding diaryl/α,β-unsaturated/α-hetero) is 1. The minimum atomic E-state index is -2.61. The summed E-state index contributed by atoms with van der Waals surface area (Å²) < 4.78 is 0. The molecule has 1 fully saturated rings. The van der Waals surface area contributed by atoms with E-state index in [0.29, 0.717) is 17.6 Å². The van der Waals surface area contributed by atoms with Crippen molar-refractivity contribution in [3.63, 3.8) is 0 Å². The highest BCUT2D eigenvalue weighted by Gasteiger charge is 2.33. The topological polar surface area (TPSA) is 40.9 Å². The standard InChI is InChI=1S/C32H36NOP/c1-2-26(27-15-7-3-8-16-27)23-24-31(34)32(25-33)35(28-17-9-4-10-18-28,29-19-11-5-12-20-29)30-21-13-6-14-22-30/h4-6,9-14,17-22,26-27H,2-3,7-8,15-16,23-24H2,1H3. The van der Waals surface area contributed by atoms with Gasteiger partial charge >= 0.3 is 0 Å². The van der Waals surface area contributed by atoms with Crippen LogP contribution in [0.5, 0.6) is 0 Å². The van der Waals surface area contributed by atoms with Crippen LogP contribution in [0, 0.1) is 23.2 Å². The Morgan fingerprint density at radius 2 is 1.29 bits per heavy atom. The van der Waals surface area contributed by atoms with E-state index in [2.05, 4.69) is 49.4 Å². The number of nitriles is 1. The molecule has 0 aliphatic heterocycles. The first-order chi connectivity index (χ1) is 17.2. The Labute approximate surface area is 211 Å². The zero-order chi connectivity index (χ0) is 24.5. The van der Waals surface area contributed by atoms with Crippen LogP contribution in [-0.4, -0.2) is 11.1 Å². The summed E-state index contributed by atoms with van der Waals surface area (Å²) >= 11 is 0. The number of hydrogen-bond donors (Lipinski definition) is 0. The highest BCUT2D eigenvalue weighted by atomic mass is 31.2. The van der Waals surface area contributed by atoms with E-state index in [0.717, 1.165) is 34.7 Å². The first kappa shape index (κ1) is 25.2. The number of rotatable bonds is 9. The minimum absolute atomic E-state index is 0.0200. The number of carbonyl (C=O) groups excluding carboxylic acids is 1. The summed E-state index contributed by atoms with van der Waals surface area (Å²) in [6.07, 6.45) is 8.99. The molecule has 0 spiro atoms. The van der Waals surface area contributed by atoms with Crippen LogP contribution >= 0.6 is 6.89 Å². The Morgan fingerprint density at radius 3 is 1.69 bits per heavy atom. The van der Waals surface area contributed by atoms with Crippen molar-refractivity contribution in [2.45, 2.75) is 58.3 Å².